The van der Waals surface area contributed by atoms with Gasteiger partial charge in [-0.3, -0.25) is 4.98 Å². The molecule has 0 spiro atoms. The van der Waals surface area contributed by atoms with E-state index in [1.807, 2.05) is 13.0 Å². The fourth-order valence-electron chi connectivity index (χ4n) is 4.88. The summed E-state index contributed by atoms with van der Waals surface area (Å²) in [5.74, 6) is 1.29. The average molecular weight is 480 g/mol. The number of imidazole rings is 1. The molecular formula is C31H37N5. The van der Waals surface area contributed by atoms with Gasteiger partial charge in [0.1, 0.15) is 5.82 Å². The number of piperidine rings is 1. The fourth-order valence-corrected chi connectivity index (χ4v) is 4.88. The summed E-state index contributed by atoms with van der Waals surface area (Å²) in [6, 6.07) is 24.4. The molecule has 2 aromatic heterocycles. The minimum atomic E-state index is 0.307. The number of benzene rings is 2. The molecule has 0 atom stereocenters. The minimum absolute atomic E-state index is 0.307. The first-order chi connectivity index (χ1) is 17.5. The molecule has 1 fully saturated rings. The quantitative estimate of drug-likeness (QED) is 0.321. The largest absolute Gasteiger partial charge is 0.340 e. The van der Waals surface area contributed by atoms with Gasteiger partial charge in [-0.05, 0) is 74.8 Å². The molecule has 36 heavy (non-hydrogen) atoms. The first-order valence-electron chi connectivity index (χ1n) is 13.1. The number of aromatic nitrogens is 3. The lowest BCUT2D eigenvalue weighted by Gasteiger charge is -2.29. The molecule has 0 saturated carbocycles. The van der Waals surface area contributed by atoms with Crippen molar-refractivity contribution in [2.24, 2.45) is 0 Å². The Morgan fingerprint density at radius 3 is 2.36 bits per heavy atom. The maximum atomic E-state index is 5.00. The number of likely N-dealkylation sites (tertiary alicyclic amines) is 1. The van der Waals surface area contributed by atoms with Crippen LogP contribution in [-0.4, -0.2) is 46.0 Å². The van der Waals surface area contributed by atoms with Gasteiger partial charge in [-0.25, -0.2) is 4.98 Å². The zero-order valence-electron chi connectivity index (χ0n) is 21.9. The van der Waals surface area contributed by atoms with Crippen LogP contribution in [0.15, 0.2) is 66.7 Å². The Balaban J connectivity index is 1.37. The number of pyridine rings is 1. The SMILES string of the molecule is Cc1cccc(-c2[nH]c(C(C)C)nc2-c2cccc(-c3ccc(CNC4CCN(C)CC4)cc3)c2)n1. The third-order valence-electron chi connectivity index (χ3n) is 7.15. The summed E-state index contributed by atoms with van der Waals surface area (Å²) in [6.07, 6.45) is 2.46. The molecule has 0 amide bonds. The highest BCUT2D eigenvalue weighted by atomic mass is 15.1. The van der Waals surface area contributed by atoms with Gasteiger partial charge in [-0.2, -0.15) is 0 Å². The van der Waals surface area contributed by atoms with Gasteiger partial charge in [0.15, 0.2) is 0 Å². The molecule has 5 nitrogen and oxygen atoms in total. The van der Waals surface area contributed by atoms with Gasteiger partial charge in [-0.15, -0.1) is 0 Å². The first-order valence-corrected chi connectivity index (χ1v) is 13.1. The van der Waals surface area contributed by atoms with Gasteiger partial charge in [0.05, 0.1) is 17.1 Å². The number of rotatable bonds is 7. The maximum Gasteiger partial charge on any atom is 0.109 e. The second-order valence-corrected chi connectivity index (χ2v) is 10.4. The van der Waals surface area contributed by atoms with E-state index in [4.69, 9.17) is 9.97 Å². The molecule has 1 aliphatic heterocycles. The molecule has 186 valence electrons. The lowest BCUT2D eigenvalue weighted by atomic mass is 9.99. The van der Waals surface area contributed by atoms with Crippen molar-refractivity contribution in [2.75, 3.05) is 20.1 Å². The van der Waals surface area contributed by atoms with E-state index in [0.717, 1.165) is 40.7 Å². The van der Waals surface area contributed by atoms with Crippen LogP contribution in [0.25, 0.3) is 33.8 Å². The Labute approximate surface area is 215 Å². The van der Waals surface area contributed by atoms with Gasteiger partial charge in [0.2, 0.25) is 0 Å². The Hall–Kier alpha value is -3.28. The van der Waals surface area contributed by atoms with Crippen LogP contribution in [0.2, 0.25) is 0 Å². The average Bonchev–Trinajstić information content (AvgIpc) is 3.35. The topological polar surface area (TPSA) is 56.8 Å². The van der Waals surface area contributed by atoms with E-state index in [9.17, 15) is 0 Å². The monoisotopic (exact) mass is 479 g/mol. The van der Waals surface area contributed by atoms with E-state index in [2.05, 4.69) is 96.8 Å². The van der Waals surface area contributed by atoms with Crippen molar-refractivity contribution in [3.63, 3.8) is 0 Å². The first kappa shape index (κ1) is 24.4. The Bertz CT molecular complexity index is 1300. The molecule has 1 saturated heterocycles. The summed E-state index contributed by atoms with van der Waals surface area (Å²) in [4.78, 5) is 15.7. The van der Waals surface area contributed by atoms with Gasteiger partial charge < -0.3 is 15.2 Å². The second-order valence-electron chi connectivity index (χ2n) is 10.4. The van der Waals surface area contributed by atoms with E-state index in [1.54, 1.807) is 0 Å². The number of hydrogen-bond acceptors (Lipinski definition) is 4. The summed E-state index contributed by atoms with van der Waals surface area (Å²) in [7, 11) is 2.21. The van der Waals surface area contributed by atoms with Crippen LogP contribution in [0.5, 0.6) is 0 Å². The van der Waals surface area contributed by atoms with Gasteiger partial charge in [0.25, 0.3) is 0 Å². The predicted molar refractivity (Wildman–Crippen MR) is 149 cm³/mol. The lowest BCUT2D eigenvalue weighted by Crippen LogP contribution is -2.40. The number of aryl methyl sites for hydroxylation is 1. The van der Waals surface area contributed by atoms with Gasteiger partial charge in [0, 0.05) is 29.8 Å². The van der Waals surface area contributed by atoms with Crippen molar-refractivity contribution in [3.8, 4) is 33.8 Å². The summed E-state index contributed by atoms with van der Waals surface area (Å²) in [6.45, 7) is 9.64. The Morgan fingerprint density at radius 1 is 0.917 bits per heavy atom. The number of nitrogens with zero attached hydrogens (tertiary/aromatic N) is 3. The maximum absolute atomic E-state index is 5.00. The molecule has 5 rings (SSSR count). The van der Waals surface area contributed by atoms with Crippen LogP contribution in [0, 0.1) is 6.92 Å². The molecule has 0 unspecified atom stereocenters. The van der Waals surface area contributed by atoms with Crippen LogP contribution in [0.1, 0.15) is 49.7 Å². The molecule has 4 aromatic rings. The van der Waals surface area contributed by atoms with E-state index in [-0.39, 0.29) is 0 Å². The Kier molecular flexibility index (Phi) is 7.30. The van der Waals surface area contributed by atoms with Crippen LogP contribution in [-0.2, 0) is 6.54 Å². The van der Waals surface area contributed by atoms with Crippen LogP contribution in [0.4, 0.5) is 0 Å². The zero-order chi connectivity index (χ0) is 25.1. The van der Waals surface area contributed by atoms with Gasteiger partial charge in [-0.1, -0.05) is 62.4 Å². The summed E-state index contributed by atoms with van der Waals surface area (Å²) >= 11 is 0. The molecule has 2 N–H and O–H groups in total. The minimum Gasteiger partial charge on any atom is -0.340 e. The number of aromatic amines is 1. The molecule has 1 aliphatic rings. The smallest absolute Gasteiger partial charge is 0.109 e. The second kappa shape index (κ2) is 10.8. The third-order valence-corrected chi connectivity index (χ3v) is 7.15. The lowest BCUT2D eigenvalue weighted by molar-refractivity contribution is 0.234. The molecule has 2 aromatic carbocycles. The molecule has 5 heteroatoms. The van der Waals surface area contributed by atoms with Crippen molar-refractivity contribution in [1.29, 1.82) is 0 Å². The number of nitrogens with one attached hydrogen (secondary N) is 2. The highest BCUT2D eigenvalue weighted by molar-refractivity contribution is 5.80. The zero-order valence-corrected chi connectivity index (χ0v) is 21.9. The van der Waals surface area contributed by atoms with E-state index in [1.165, 1.54) is 42.6 Å². The standard InChI is InChI=1S/C31H37N5/c1-21(2)31-34-29(30(35-31)28-10-5-7-22(3)33-28)26-9-6-8-25(19-26)24-13-11-23(12-14-24)20-32-27-15-17-36(4)18-16-27/h5-14,19,21,27,32H,15-18,20H2,1-4H3,(H,34,35). The van der Waals surface area contributed by atoms with Crippen molar-refractivity contribution in [1.82, 2.24) is 25.2 Å². The summed E-state index contributed by atoms with van der Waals surface area (Å²) in [5.41, 5.74) is 8.70. The van der Waals surface area contributed by atoms with Crippen molar-refractivity contribution in [3.05, 3.63) is 83.8 Å². The third kappa shape index (κ3) is 5.58. The van der Waals surface area contributed by atoms with Crippen LogP contribution >= 0.6 is 0 Å². The van der Waals surface area contributed by atoms with E-state index < -0.39 is 0 Å². The molecular weight excluding hydrogens is 442 g/mol. The normalized spacial score (nSPS) is 15.0. The summed E-state index contributed by atoms with van der Waals surface area (Å²) in [5, 5.41) is 3.74. The molecule has 0 bridgehead atoms. The predicted octanol–water partition coefficient (Wildman–Crippen LogP) is 6.42. The molecule has 0 aliphatic carbocycles. The number of H-pyrrole nitrogens is 1. The van der Waals surface area contributed by atoms with Crippen LogP contribution < -0.4 is 5.32 Å². The van der Waals surface area contributed by atoms with Crippen molar-refractivity contribution >= 4 is 0 Å². The van der Waals surface area contributed by atoms with Crippen molar-refractivity contribution < 1.29 is 0 Å². The van der Waals surface area contributed by atoms with Gasteiger partial charge >= 0.3 is 0 Å². The Morgan fingerprint density at radius 2 is 1.64 bits per heavy atom. The fraction of sp³-hybridized carbons (Fsp3) is 0.355. The molecule has 3 heterocycles. The highest BCUT2D eigenvalue weighted by Gasteiger charge is 2.18. The van der Waals surface area contributed by atoms with Crippen LogP contribution in [0.3, 0.4) is 0 Å². The highest BCUT2D eigenvalue weighted by Crippen LogP contribution is 2.33. The van der Waals surface area contributed by atoms with E-state index >= 15 is 0 Å². The summed E-state index contributed by atoms with van der Waals surface area (Å²) < 4.78 is 0. The number of hydrogen-bond donors (Lipinski definition) is 2. The van der Waals surface area contributed by atoms with Crippen molar-refractivity contribution in [2.45, 2.75) is 52.1 Å². The molecule has 0 radical (unpaired) electrons. The van der Waals surface area contributed by atoms with E-state index in [0.29, 0.717) is 12.0 Å².